The average molecular weight is 349 g/mol. The molecule has 10 nitrogen and oxygen atoms in total. The van der Waals surface area contributed by atoms with E-state index in [1.807, 2.05) is 0 Å². The fraction of sp³-hybridized carbons (Fsp3) is 0.533. The minimum Gasteiger partial charge on any atom is -0.394 e. The maximum Gasteiger partial charge on any atom is 0.280 e. The first kappa shape index (κ1) is 17.4. The van der Waals surface area contributed by atoms with Crippen LogP contribution in [0.15, 0.2) is 11.1 Å². The van der Waals surface area contributed by atoms with Crippen LogP contribution in [0.5, 0.6) is 0 Å². The highest BCUT2D eigenvalue weighted by molar-refractivity contribution is 5.70. The zero-order valence-corrected chi connectivity index (χ0v) is 13.3. The second-order valence-corrected chi connectivity index (χ2v) is 5.70. The van der Waals surface area contributed by atoms with Gasteiger partial charge in [-0.25, -0.2) is 4.98 Å². The Morgan fingerprint density at radius 3 is 2.92 bits per heavy atom. The van der Waals surface area contributed by atoms with Crippen molar-refractivity contribution in [2.24, 2.45) is 0 Å². The largest absolute Gasteiger partial charge is 0.394 e. The topological polar surface area (TPSA) is 146 Å². The van der Waals surface area contributed by atoms with Gasteiger partial charge in [0.1, 0.15) is 18.3 Å². The van der Waals surface area contributed by atoms with Crippen molar-refractivity contribution in [2.75, 3.05) is 18.5 Å². The molecule has 0 radical (unpaired) electrons. The maximum atomic E-state index is 12.1. The van der Waals surface area contributed by atoms with Crippen molar-refractivity contribution in [1.82, 2.24) is 19.5 Å². The highest BCUT2D eigenvalue weighted by atomic mass is 16.6. The molecule has 1 fully saturated rings. The number of rotatable bonds is 6. The smallest absolute Gasteiger partial charge is 0.280 e. The first-order chi connectivity index (χ1) is 12.1. The molecule has 0 aromatic carbocycles. The van der Waals surface area contributed by atoms with Crippen molar-refractivity contribution in [3.8, 4) is 12.3 Å². The number of fused-ring (bicyclic) bond motifs is 1. The molecular formula is C15H19N5O5. The molecular weight excluding hydrogens is 330 g/mol. The second-order valence-electron chi connectivity index (χ2n) is 5.70. The highest BCUT2D eigenvalue weighted by Gasteiger charge is 2.44. The highest BCUT2D eigenvalue weighted by Crippen LogP contribution is 2.30. The Kier molecular flexibility index (Phi) is 5.00. The van der Waals surface area contributed by atoms with E-state index >= 15 is 0 Å². The van der Waals surface area contributed by atoms with Gasteiger partial charge in [-0.2, -0.15) is 4.98 Å². The van der Waals surface area contributed by atoms with E-state index in [1.54, 1.807) is 0 Å². The van der Waals surface area contributed by atoms with E-state index in [4.69, 9.17) is 11.2 Å². The minimum atomic E-state index is -1.29. The number of aliphatic hydroxyl groups is 3. The molecule has 1 saturated heterocycles. The van der Waals surface area contributed by atoms with Crippen LogP contribution in [0.2, 0.25) is 0 Å². The van der Waals surface area contributed by atoms with Gasteiger partial charge in [0.2, 0.25) is 5.95 Å². The zero-order valence-electron chi connectivity index (χ0n) is 13.3. The average Bonchev–Trinajstić information content (AvgIpc) is 3.14. The number of hydrogen-bond donors (Lipinski definition) is 5. The molecule has 3 rings (SSSR count). The molecule has 2 aromatic heterocycles. The van der Waals surface area contributed by atoms with Gasteiger partial charge in [-0.15, -0.1) is 12.3 Å². The molecule has 1 aliphatic heterocycles. The summed E-state index contributed by atoms with van der Waals surface area (Å²) in [6, 6.07) is 0. The number of ether oxygens (including phenoxy) is 1. The van der Waals surface area contributed by atoms with E-state index in [9.17, 15) is 20.1 Å². The van der Waals surface area contributed by atoms with Crippen LogP contribution in [0.25, 0.3) is 11.2 Å². The zero-order chi connectivity index (χ0) is 18.0. The lowest BCUT2D eigenvalue weighted by atomic mass is 10.1. The Morgan fingerprint density at radius 1 is 1.44 bits per heavy atom. The molecule has 3 heterocycles. The van der Waals surface area contributed by atoms with Gasteiger partial charge in [-0.3, -0.25) is 14.3 Å². The molecule has 4 atom stereocenters. The van der Waals surface area contributed by atoms with Crippen LogP contribution in [0.1, 0.15) is 19.1 Å². The third kappa shape index (κ3) is 3.22. The van der Waals surface area contributed by atoms with Gasteiger partial charge in [0.15, 0.2) is 17.4 Å². The quantitative estimate of drug-likeness (QED) is 0.315. The summed E-state index contributed by atoms with van der Waals surface area (Å²) in [6.07, 6.45) is 3.32. The number of aliphatic hydroxyl groups excluding tert-OH is 3. The SMILES string of the molecule is C#CCCCNc1nc2c(ncn2[C@@H]2O[C@H](CO)[C@@H](O)[C@H]2O)c(=O)[nH]1. The molecule has 0 unspecified atom stereocenters. The Morgan fingerprint density at radius 2 is 2.24 bits per heavy atom. The maximum absolute atomic E-state index is 12.1. The summed E-state index contributed by atoms with van der Waals surface area (Å²) < 4.78 is 6.82. The normalized spacial score (nSPS) is 26.0. The molecule has 2 aromatic rings. The van der Waals surface area contributed by atoms with Gasteiger partial charge in [-0.05, 0) is 6.42 Å². The number of aromatic amines is 1. The summed E-state index contributed by atoms with van der Waals surface area (Å²) in [5.41, 5.74) is -0.181. The Labute approximate surface area is 142 Å². The van der Waals surface area contributed by atoms with Crippen LogP contribution in [-0.2, 0) is 4.74 Å². The number of aromatic nitrogens is 4. The molecule has 1 aliphatic rings. The van der Waals surface area contributed by atoms with Gasteiger partial charge >= 0.3 is 0 Å². The Bertz CT molecular complexity index is 841. The summed E-state index contributed by atoms with van der Waals surface area (Å²) in [5.74, 6) is 2.76. The molecule has 134 valence electrons. The van der Waals surface area contributed by atoms with E-state index in [-0.39, 0.29) is 17.1 Å². The molecule has 0 aliphatic carbocycles. The van der Waals surface area contributed by atoms with Gasteiger partial charge in [0, 0.05) is 13.0 Å². The standard InChI is InChI=1S/C15H19N5O5/c1-2-3-4-5-16-15-18-12-9(13(24)19-15)17-7-20(12)14-11(23)10(22)8(6-21)25-14/h1,7-8,10-11,14,21-23H,3-6H2,(H2,16,18,19,24)/t8-,10-,11-,14-/m1/s1. The number of nitrogens with zero attached hydrogens (tertiary/aromatic N) is 3. The molecule has 0 saturated carbocycles. The number of anilines is 1. The van der Waals surface area contributed by atoms with Crippen LogP contribution in [0.4, 0.5) is 5.95 Å². The van der Waals surface area contributed by atoms with E-state index in [0.717, 1.165) is 0 Å². The summed E-state index contributed by atoms with van der Waals surface area (Å²) >= 11 is 0. The third-order valence-electron chi connectivity index (χ3n) is 4.01. The first-order valence-electron chi connectivity index (χ1n) is 7.83. The molecule has 0 bridgehead atoms. The van der Waals surface area contributed by atoms with E-state index in [2.05, 4.69) is 26.2 Å². The van der Waals surface area contributed by atoms with E-state index in [1.165, 1.54) is 10.9 Å². The molecule has 25 heavy (non-hydrogen) atoms. The van der Waals surface area contributed by atoms with Crippen molar-refractivity contribution >= 4 is 17.1 Å². The van der Waals surface area contributed by atoms with Crippen molar-refractivity contribution in [2.45, 2.75) is 37.4 Å². The number of hydrogen-bond acceptors (Lipinski definition) is 8. The predicted molar refractivity (Wildman–Crippen MR) is 87.7 cm³/mol. The fourth-order valence-electron chi connectivity index (χ4n) is 2.70. The summed E-state index contributed by atoms with van der Waals surface area (Å²) in [5, 5.41) is 32.2. The summed E-state index contributed by atoms with van der Waals surface area (Å²) in [6.45, 7) is 0.0813. The minimum absolute atomic E-state index is 0.0758. The van der Waals surface area contributed by atoms with Crippen molar-refractivity contribution < 1.29 is 20.1 Å². The first-order valence-corrected chi connectivity index (χ1v) is 7.83. The lowest BCUT2D eigenvalue weighted by Gasteiger charge is -2.16. The van der Waals surface area contributed by atoms with E-state index in [0.29, 0.717) is 19.4 Å². The molecule has 10 heteroatoms. The number of nitrogens with one attached hydrogen (secondary N) is 2. The van der Waals surface area contributed by atoms with Crippen molar-refractivity contribution in [3.63, 3.8) is 0 Å². The monoisotopic (exact) mass is 349 g/mol. The number of imidazole rings is 1. The van der Waals surface area contributed by atoms with Gasteiger partial charge in [0.25, 0.3) is 5.56 Å². The molecule has 5 N–H and O–H groups in total. The Balaban J connectivity index is 1.91. The molecule has 0 amide bonds. The summed E-state index contributed by atoms with van der Waals surface area (Å²) in [4.78, 5) is 23.0. The van der Waals surface area contributed by atoms with Crippen LogP contribution in [-0.4, -0.2) is 66.3 Å². The van der Waals surface area contributed by atoms with Gasteiger partial charge in [0.05, 0.1) is 12.9 Å². The van der Waals surface area contributed by atoms with Gasteiger partial charge in [-0.1, -0.05) is 0 Å². The molecule has 0 spiro atoms. The third-order valence-corrected chi connectivity index (χ3v) is 4.01. The van der Waals surface area contributed by atoms with Crippen LogP contribution in [0.3, 0.4) is 0 Å². The summed E-state index contributed by atoms with van der Waals surface area (Å²) in [7, 11) is 0. The second kappa shape index (κ2) is 7.20. The van der Waals surface area contributed by atoms with Crippen LogP contribution in [0, 0.1) is 12.3 Å². The van der Waals surface area contributed by atoms with Crippen LogP contribution >= 0.6 is 0 Å². The van der Waals surface area contributed by atoms with Crippen molar-refractivity contribution in [1.29, 1.82) is 0 Å². The number of H-pyrrole nitrogens is 1. The lowest BCUT2D eigenvalue weighted by molar-refractivity contribution is -0.0511. The van der Waals surface area contributed by atoms with Crippen molar-refractivity contribution in [3.05, 3.63) is 16.7 Å². The number of unbranched alkanes of at least 4 members (excludes halogenated alkanes) is 1. The van der Waals surface area contributed by atoms with Gasteiger partial charge < -0.3 is 25.4 Å². The predicted octanol–water partition coefficient (Wildman–Crippen LogP) is -1.44. The number of terminal acetylenes is 1. The van der Waals surface area contributed by atoms with Crippen LogP contribution < -0.4 is 10.9 Å². The lowest BCUT2D eigenvalue weighted by Crippen LogP contribution is -2.33. The fourth-order valence-corrected chi connectivity index (χ4v) is 2.70. The van der Waals surface area contributed by atoms with E-state index < -0.39 is 36.7 Å². The Hall–Kier alpha value is -2.45.